The van der Waals surface area contributed by atoms with Gasteiger partial charge in [0, 0.05) is 13.2 Å². The largest absolute Gasteiger partial charge is 0.476 e. The molecule has 0 saturated heterocycles. The molecule has 0 fully saturated rings. The van der Waals surface area contributed by atoms with Crippen LogP contribution in [-0.4, -0.2) is 42.8 Å². The lowest BCUT2D eigenvalue weighted by Crippen LogP contribution is -2.05. The van der Waals surface area contributed by atoms with Gasteiger partial charge in [-0.05, 0) is 26.7 Å². The van der Waals surface area contributed by atoms with Crippen LogP contribution in [0.2, 0.25) is 0 Å². The smallest absolute Gasteiger partial charge is 0.358 e. The van der Waals surface area contributed by atoms with E-state index in [4.69, 9.17) is 5.11 Å². The predicted octanol–water partition coefficient (Wildman–Crippen LogP) is 1.49. The highest BCUT2D eigenvalue weighted by Gasteiger charge is 2.23. The number of rotatable bonds is 6. The second-order valence-electron chi connectivity index (χ2n) is 4.39. The Morgan fingerprint density at radius 2 is 2.10 bits per heavy atom. The molecule has 2 rings (SSSR count). The topological polar surface area (TPSA) is 101 Å². The minimum atomic E-state index is -1.10. The third-order valence-electron chi connectivity index (χ3n) is 2.83. The highest BCUT2D eigenvalue weighted by Crippen LogP contribution is 2.31. The molecular weight excluding hydrogens is 280 g/mol. The number of aryl methyl sites for hydroxylation is 3. The number of unbranched alkanes of at least 4 members (excludes halogenated alkanes) is 1. The van der Waals surface area contributed by atoms with Crippen LogP contribution in [0, 0.1) is 13.8 Å². The number of carboxylic acid groups (broad SMARTS) is 1. The van der Waals surface area contributed by atoms with Crippen LogP contribution in [0.5, 0.6) is 0 Å². The number of aliphatic hydroxyl groups excluding tert-OH is 1. The summed E-state index contributed by atoms with van der Waals surface area (Å²) in [7, 11) is 0. The molecular formula is C12H16N4O3S. The maximum atomic E-state index is 11.3. The number of aromatic carboxylic acids is 1. The lowest BCUT2D eigenvalue weighted by atomic mass is 10.2. The molecule has 0 radical (unpaired) electrons. The zero-order valence-electron chi connectivity index (χ0n) is 11.3. The van der Waals surface area contributed by atoms with Crippen molar-refractivity contribution >= 4 is 17.3 Å². The van der Waals surface area contributed by atoms with E-state index < -0.39 is 5.97 Å². The summed E-state index contributed by atoms with van der Waals surface area (Å²) in [5.74, 6) is -1.10. The fourth-order valence-corrected chi connectivity index (χ4v) is 2.93. The van der Waals surface area contributed by atoms with Crippen molar-refractivity contribution in [2.24, 2.45) is 0 Å². The van der Waals surface area contributed by atoms with Gasteiger partial charge in [-0.2, -0.15) is 0 Å². The third-order valence-corrected chi connectivity index (χ3v) is 3.91. The number of aromatic nitrogens is 4. The maximum absolute atomic E-state index is 11.3. The molecule has 2 N–H and O–H groups in total. The number of nitrogens with zero attached hydrogens (tertiary/aromatic N) is 4. The number of aliphatic hydroxyl groups is 1. The molecule has 0 aliphatic heterocycles. The Morgan fingerprint density at radius 1 is 1.35 bits per heavy atom. The first-order valence-corrected chi connectivity index (χ1v) is 7.08. The minimum absolute atomic E-state index is 0.0549. The standard InChI is InChI=1S/C12H16N4O3S/c1-7-11(20-8(2)13-7)10-9(12(18)19)14-15-16(10)5-3-4-6-17/h17H,3-6H2,1-2H3,(H,18,19). The monoisotopic (exact) mass is 296 g/mol. The van der Waals surface area contributed by atoms with Crippen LogP contribution in [-0.2, 0) is 6.54 Å². The molecule has 0 amide bonds. The molecule has 8 heteroatoms. The van der Waals surface area contributed by atoms with E-state index in [9.17, 15) is 9.90 Å². The molecule has 0 spiro atoms. The molecule has 2 aromatic rings. The van der Waals surface area contributed by atoms with E-state index in [1.165, 1.54) is 11.3 Å². The Balaban J connectivity index is 2.44. The zero-order chi connectivity index (χ0) is 14.7. The van der Waals surface area contributed by atoms with Gasteiger partial charge in [0.25, 0.3) is 0 Å². The van der Waals surface area contributed by atoms with E-state index in [2.05, 4.69) is 15.3 Å². The van der Waals surface area contributed by atoms with Crippen molar-refractivity contribution < 1.29 is 15.0 Å². The van der Waals surface area contributed by atoms with Crippen molar-refractivity contribution in [3.63, 3.8) is 0 Å². The van der Waals surface area contributed by atoms with Crippen molar-refractivity contribution in [1.29, 1.82) is 0 Å². The van der Waals surface area contributed by atoms with Crippen molar-refractivity contribution in [1.82, 2.24) is 20.0 Å². The summed E-state index contributed by atoms with van der Waals surface area (Å²) in [6, 6.07) is 0. The quantitative estimate of drug-likeness (QED) is 0.783. The summed E-state index contributed by atoms with van der Waals surface area (Å²) >= 11 is 1.43. The predicted molar refractivity (Wildman–Crippen MR) is 73.9 cm³/mol. The van der Waals surface area contributed by atoms with Gasteiger partial charge in [0.1, 0.15) is 5.69 Å². The van der Waals surface area contributed by atoms with Gasteiger partial charge >= 0.3 is 5.97 Å². The van der Waals surface area contributed by atoms with Gasteiger partial charge in [0.05, 0.1) is 15.6 Å². The number of carbonyl (C=O) groups is 1. The molecule has 20 heavy (non-hydrogen) atoms. The molecule has 0 aliphatic rings. The van der Waals surface area contributed by atoms with Crippen molar-refractivity contribution in [2.75, 3.05) is 6.61 Å². The Hall–Kier alpha value is -1.80. The third kappa shape index (κ3) is 2.86. The Bertz CT molecular complexity index is 620. The molecule has 0 saturated carbocycles. The number of thiazole rings is 1. The number of hydrogen-bond acceptors (Lipinski definition) is 6. The van der Waals surface area contributed by atoms with E-state index in [1.807, 2.05) is 13.8 Å². The molecule has 7 nitrogen and oxygen atoms in total. The average molecular weight is 296 g/mol. The van der Waals surface area contributed by atoms with Gasteiger partial charge < -0.3 is 10.2 Å². The van der Waals surface area contributed by atoms with Crippen LogP contribution in [0.4, 0.5) is 0 Å². The van der Waals surface area contributed by atoms with E-state index in [0.717, 1.165) is 15.6 Å². The molecule has 0 unspecified atom stereocenters. The van der Waals surface area contributed by atoms with Gasteiger partial charge in [0.2, 0.25) is 0 Å². The van der Waals surface area contributed by atoms with Crippen LogP contribution >= 0.6 is 11.3 Å². The van der Waals surface area contributed by atoms with Crippen LogP contribution in [0.3, 0.4) is 0 Å². The average Bonchev–Trinajstić information content (AvgIpc) is 2.93. The van der Waals surface area contributed by atoms with Crippen LogP contribution < -0.4 is 0 Å². The molecule has 108 valence electrons. The van der Waals surface area contributed by atoms with Gasteiger partial charge in [-0.15, -0.1) is 16.4 Å². The van der Waals surface area contributed by atoms with Crippen molar-refractivity contribution in [3.8, 4) is 10.6 Å². The number of hydrogen-bond donors (Lipinski definition) is 2. The first kappa shape index (κ1) is 14.6. The molecule has 2 heterocycles. The summed E-state index contributed by atoms with van der Waals surface area (Å²) < 4.78 is 1.58. The van der Waals surface area contributed by atoms with E-state index in [1.54, 1.807) is 4.68 Å². The summed E-state index contributed by atoms with van der Waals surface area (Å²) in [6.45, 7) is 4.35. The second-order valence-corrected chi connectivity index (χ2v) is 5.60. The van der Waals surface area contributed by atoms with Crippen molar-refractivity contribution in [3.05, 3.63) is 16.4 Å². The van der Waals surface area contributed by atoms with Gasteiger partial charge in [-0.25, -0.2) is 14.5 Å². The number of carboxylic acids is 1. The van der Waals surface area contributed by atoms with Gasteiger partial charge in [-0.3, -0.25) is 0 Å². The summed E-state index contributed by atoms with van der Waals surface area (Å²) in [5.41, 5.74) is 1.22. The summed E-state index contributed by atoms with van der Waals surface area (Å²) in [5, 5.41) is 26.6. The highest BCUT2D eigenvalue weighted by atomic mass is 32.1. The van der Waals surface area contributed by atoms with Crippen LogP contribution in [0.15, 0.2) is 0 Å². The SMILES string of the molecule is Cc1nc(C)c(-c2c(C(=O)O)nnn2CCCCO)s1. The van der Waals surface area contributed by atoms with E-state index in [-0.39, 0.29) is 12.3 Å². The molecule has 0 aromatic carbocycles. The zero-order valence-corrected chi connectivity index (χ0v) is 12.1. The molecule has 0 atom stereocenters. The summed E-state index contributed by atoms with van der Waals surface area (Å²) in [6.07, 6.45) is 1.35. The fourth-order valence-electron chi connectivity index (χ4n) is 1.96. The lowest BCUT2D eigenvalue weighted by molar-refractivity contribution is 0.0691. The van der Waals surface area contributed by atoms with Gasteiger partial charge in [-0.1, -0.05) is 5.21 Å². The van der Waals surface area contributed by atoms with E-state index in [0.29, 0.717) is 25.1 Å². The van der Waals surface area contributed by atoms with Crippen molar-refractivity contribution in [2.45, 2.75) is 33.2 Å². The van der Waals surface area contributed by atoms with Crippen LogP contribution in [0.1, 0.15) is 34.0 Å². The van der Waals surface area contributed by atoms with E-state index >= 15 is 0 Å². The molecule has 2 aromatic heterocycles. The first-order chi connectivity index (χ1) is 9.54. The normalized spacial score (nSPS) is 10.9. The Kier molecular flexibility index (Phi) is 4.46. The fraction of sp³-hybridized carbons (Fsp3) is 0.500. The minimum Gasteiger partial charge on any atom is -0.476 e. The summed E-state index contributed by atoms with van der Waals surface area (Å²) in [4.78, 5) is 16.4. The van der Waals surface area contributed by atoms with Gasteiger partial charge in [0.15, 0.2) is 5.69 Å². The molecule has 0 bridgehead atoms. The molecule has 0 aliphatic carbocycles. The Morgan fingerprint density at radius 3 is 2.65 bits per heavy atom. The highest BCUT2D eigenvalue weighted by molar-refractivity contribution is 7.15. The second kappa shape index (κ2) is 6.10. The maximum Gasteiger partial charge on any atom is 0.358 e. The Labute approximate surface area is 119 Å². The van der Waals surface area contributed by atoms with Crippen LogP contribution in [0.25, 0.3) is 10.6 Å². The lowest BCUT2D eigenvalue weighted by Gasteiger charge is -2.05. The first-order valence-electron chi connectivity index (χ1n) is 6.26.